The van der Waals surface area contributed by atoms with E-state index in [9.17, 15) is 4.79 Å². The van der Waals surface area contributed by atoms with Crippen LogP contribution in [0.25, 0.3) is 0 Å². The van der Waals surface area contributed by atoms with Gasteiger partial charge in [0.1, 0.15) is 5.82 Å². The van der Waals surface area contributed by atoms with E-state index in [4.69, 9.17) is 0 Å². The van der Waals surface area contributed by atoms with Crippen LogP contribution in [-0.2, 0) is 6.54 Å². The standard InChI is InChI=1S/C15H18N4O/c1-11-5-4-6-13(18-11)10-17-15(20)12-7-8-14(16-9-12)19(2)3/h4-9H,10H2,1-3H3,(H,17,20). The van der Waals surface area contributed by atoms with Crippen LogP contribution in [0.2, 0.25) is 0 Å². The molecule has 5 nitrogen and oxygen atoms in total. The highest BCUT2D eigenvalue weighted by Crippen LogP contribution is 2.08. The van der Waals surface area contributed by atoms with Gasteiger partial charge >= 0.3 is 0 Å². The van der Waals surface area contributed by atoms with Gasteiger partial charge in [0.2, 0.25) is 0 Å². The fourth-order valence-corrected chi connectivity index (χ4v) is 1.76. The van der Waals surface area contributed by atoms with Crippen molar-refractivity contribution in [2.75, 3.05) is 19.0 Å². The van der Waals surface area contributed by atoms with E-state index < -0.39 is 0 Å². The van der Waals surface area contributed by atoms with E-state index in [-0.39, 0.29) is 5.91 Å². The summed E-state index contributed by atoms with van der Waals surface area (Å²) in [7, 11) is 3.82. The molecule has 0 aliphatic heterocycles. The van der Waals surface area contributed by atoms with E-state index in [0.717, 1.165) is 17.2 Å². The Morgan fingerprint density at radius 1 is 1.25 bits per heavy atom. The molecule has 0 atom stereocenters. The summed E-state index contributed by atoms with van der Waals surface area (Å²) in [5.41, 5.74) is 2.33. The van der Waals surface area contributed by atoms with Gasteiger partial charge in [-0.15, -0.1) is 0 Å². The number of rotatable bonds is 4. The maximum Gasteiger partial charge on any atom is 0.253 e. The Labute approximate surface area is 118 Å². The van der Waals surface area contributed by atoms with Crippen molar-refractivity contribution in [3.05, 3.63) is 53.5 Å². The molecule has 0 saturated heterocycles. The number of carbonyl (C=O) groups excluding carboxylic acids is 1. The third-order valence-electron chi connectivity index (χ3n) is 2.84. The number of aryl methyl sites for hydroxylation is 1. The number of hydrogen-bond donors (Lipinski definition) is 1. The number of hydrogen-bond acceptors (Lipinski definition) is 4. The number of aromatic nitrogens is 2. The lowest BCUT2D eigenvalue weighted by Gasteiger charge is -2.11. The minimum absolute atomic E-state index is 0.147. The van der Waals surface area contributed by atoms with Crippen LogP contribution in [0.5, 0.6) is 0 Å². The summed E-state index contributed by atoms with van der Waals surface area (Å²) >= 11 is 0. The number of amides is 1. The maximum absolute atomic E-state index is 12.0. The lowest BCUT2D eigenvalue weighted by Crippen LogP contribution is -2.23. The van der Waals surface area contributed by atoms with Gasteiger partial charge in [-0.2, -0.15) is 0 Å². The number of carbonyl (C=O) groups is 1. The molecule has 0 spiro atoms. The summed E-state index contributed by atoms with van der Waals surface area (Å²) in [6.45, 7) is 2.34. The third-order valence-corrected chi connectivity index (χ3v) is 2.84. The molecule has 0 radical (unpaired) electrons. The van der Waals surface area contributed by atoms with Gasteiger partial charge in [0, 0.05) is 26.0 Å². The molecule has 0 aromatic carbocycles. The monoisotopic (exact) mass is 270 g/mol. The molecule has 2 aromatic heterocycles. The van der Waals surface area contributed by atoms with Crippen molar-refractivity contribution in [2.24, 2.45) is 0 Å². The molecule has 0 saturated carbocycles. The summed E-state index contributed by atoms with van der Waals surface area (Å²) in [5, 5.41) is 2.84. The molecule has 2 rings (SSSR count). The fourth-order valence-electron chi connectivity index (χ4n) is 1.76. The molecule has 104 valence electrons. The lowest BCUT2D eigenvalue weighted by atomic mass is 10.2. The lowest BCUT2D eigenvalue weighted by molar-refractivity contribution is 0.0950. The van der Waals surface area contributed by atoms with Gasteiger partial charge in [-0.3, -0.25) is 9.78 Å². The minimum Gasteiger partial charge on any atom is -0.363 e. The van der Waals surface area contributed by atoms with E-state index in [1.165, 1.54) is 0 Å². The SMILES string of the molecule is Cc1cccc(CNC(=O)c2ccc(N(C)C)nc2)n1. The second kappa shape index (κ2) is 6.14. The van der Waals surface area contributed by atoms with Crippen molar-refractivity contribution in [3.8, 4) is 0 Å². The van der Waals surface area contributed by atoms with Crippen LogP contribution in [0, 0.1) is 6.92 Å². The van der Waals surface area contributed by atoms with Crippen LogP contribution in [0.3, 0.4) is 0 Å². The summed E-state index contributed by atoms with van der Waals surface area (Å²) in [4.78, 5) is 22.4. The molecule has 20 heavy (non-hydrogen) atoms. The summed E-state index contributed by atoms with van der Waals surface area (Å²) in [6.07, 6.45) is 1.58. The van der Waals surface area contributed by atoms with E-state index in [1.807, 2.05) is 50.2 Å². The molecule has 0 aliphatic carbocycles. The Balaban J connectivity index is 1.98. The zero-order chi connectivity index (χ0) is 14.5. The number of nitrogens with zero attached hydrogens (tertiary/aromatic N) is 3. The third kappa shape index (κ3) is 3.54. The molecule has 1 N–H and O–H groups in total. The first-order valence-corrected chi connectivity index (χ1v) is 6.40. The van der Waals surface area contributed by atoms with Crippen molar-refractivity contribution in [3.63, 3.8) is 0 Å². The Morgan fingerprint density at radius 3 is 2.65 bits per heavy atom. The second-order valence-corrected chi connectivity index (χ2v) is 4.75. The Kier molecular flexibility index (Phi) is 4.30. The molecule has 5 heteroatoms. The van der Waals surface area contributed by atoms with Crippen LogP contribution >= 0.6 is 0 Å². The highest BCUT2D eigenvalue weighted by Gasteiger charge is 2.07. The highest BCUT2D eigenvalue weighted by atomic mass is 16.1. The normalized spacial score (nSPS) is 10.2. The van der Waals surface area contributed by atoms with E-state index in [1.54, 1.807) is 12.3 Å². The smallest absolute Gasteiger partial charge is 0.253 e. The van der Waals surface area contributed by atoms with Crippen LogP contribution in [0.1, 0.15) is 21.7 Å². The molecule has 2 aromatic rings. The van der Waals surface area contributed by atoms with Crippen molar-refractivity contribution < 1.29 is 4.79 Å². The van der Waals surface area contributed by atoms with Gasteiger partial charge < -0.3 is 10.2 Å². The maximum atomic E-state index is 12.0. The van der Waals surface area contributed by atoms with Gasteiger partial charge in [-0.25, -0.2) is 4.98 Å². The predicted octanol–water partition coefficient (Wildman–Crippen LogP) is 1.78. The molecule has 2 heterocycles. The van der Waals surface area contributed by atoms with E-state index in [2.05, 4.69) is 15.3 Å². The minimum atomic E-state index is -0.147. The van der Waals surface area contributed by atoms with Crippen LogP contribution in [0.15, 0.2) is 36.5 Å². The summed E-state index contributed by atoms with van der Waals surface area (Å²) in [5.74, 6) is 0.674. The van der Waals surface area contributed by atoms with Crippen molar-refractivity contribution >= 4 is 11.7 Å². The number of nitrogens with one attached hydrogen (secondary N) is 1. The molecule has 0 fully saturated rings. The first kappa shape index (κ1) is 14.0. The zero-order valence-corrected chi connectivity index (χ0v) is 11.9. The van der Waals surface area contributed by atoms with Gasteiger partial charge in [0.25, 0.3) is 5.91 Å². The topological polar surface area (TPSA) is 58.1 Å². The molecule has 0 aliphatic rings. The molecule has 0 unspecified atom stereocenters. The van der Waals surface area contributed by atoms with Crippen molar-refractivity contribution in [1.29, 1.82) is 0 Å². The van der Waals surface area contributed by atoms with Crippen LogP contribution in [0.4, 0.5) is 5.82 Å². The second-order valence-electron chi connectivity index (χ2n) is 4.75. The molecule has 1 amide bonds. The average molecular weight is 270 g/mol. The van der Waals surface area contributed by atoms with E-state index in [0.29, 0.717) is 12.1 Å². The first-order valence-electron chi connectivity index (χ1n) is 6.40. The van der Waals surface area contributed by atoms with E-state index >= 15 is 0 Å². The average Bonchev–Trinajstić information content (AvgIpc) is 2.45. The van der Waals surface area contributed by atoms with Gasteiger partial charge in [-0.05, 0) is 31.2 Å². The van der Waals surface area contributed by atoms with Gasteiger partial charge in [0.15, 0.2) is 0 Å². The van der Waals surface area contributed by atoms with Crippen molar-refractivity contribution in [2.45, 2.75) is 13.5 Å². The van der Waals surface area contributed by atoms with Crippen LogP contribution in [-0.4, -0.2) is 30.0 Å². The Bertz CT molecular complexity index is 593. The predicted molar refractivity (Wildman–Crippen MR) is 78.7 cm³/mol. The zero-order valence-electron chi connectivity index (χ0n) is 11.9. The summed E-state index contributed by atoms with van der Waals surface area (Å²) in [6, 6.07) is 9.33. The molecular weight excluding hydrogens is 252 g/mol. The Morgan fingerprint density at radius 2 is 2.05 bits per heavy atom. The largest absolute Gasteiger partial charge is 0.363 e. The molecule has 0 bridgehead atoms. The highest BCUT2D eigenvalue weighted by molar-refractivity contribution is 5.93. The Hall–Kier alpha value is -2.43. The number of anilines is 1. The van der Waals surface area contributed by atoms with Crippen molar-refractivity contribution in [1.82, 2.24) is 15.3 Å². The number of pyridine rings is 2. The molecular formula is C15H18N4O. The van der Waals surface area contributed by atoms with Gasteiger partial charge in [-0.1, -0.05) is 6.07 Å². The first-order chi connectivity index (χ1) is 9.56. The van der Waals surface area contributed by atoms with Crippen LogP contribution < -0.4 is 10.2 Å². The van der Waals surface area contributed by atoms with Gasteiger partial charge in [0.05, 0.1) is 17.8 Å². The quantitative estimate of drug-likeness (QED) is 0.920. The fraction of sp³-hybridized carbons (Fsp3) is 0.267. The summed E-state index contributed by atoms with van der Waals surface area (Å²) < 4.78 is 0.